The number of pyridine rings is 1. The summed E-state index contributed by atoms with van der Waals surface area (Å²) in [5.74, 6) is 1.41. The Morgan fingerprint density at radius 3 is 2.63 bits per heavy atom. The highest BCUT2D eigenvalue weighted by atomic mass is 32.1. The maximum Gasteiger partial charge on any atom is 0.410 e. The lowest BCUT2D eigenvalue weighted by Gasteiger charge is -2.27. The Morgan fingerprint density at radius 1 is 1.13 bits per heavy atom. The van der Waals surface area contributed by atoms with Crippen LogP contribution in [0.2, 0.25) is 0 Å². The van der Waals surface area contributed by atoms with E-state index in [4.69, 9.17) is 9.47 Å². The van der Waals surface area contributed by atoms with Crippen molar-refractivity contribution in [2.24, 2.45) is 0 Å². The number of nitrogens with zero attached hydrogens (tertiary/aromatic N) is 4. The molecule has 1 aromatic carbocycles. The standard InChI is InChI=1S/C22H24N4O3S/c1-22(2,3)29-21(27)26-13-5-7-18(26)20-25-24-19(30-20)15-8-10-16(11-9-15)28-17-6-4-12-23-14-17/h4,6,8-12,14,18H,5,7,13H2,1-3H3. The van der Waals surface area contributed by atoms with Gasteiger partial charge in [-0.1, -0.05) is 11.3 Å². The highest BCUT2D eigenvalue weighted by molar-refractivity contribution is 7.14. The molecule has 156 valence electrons. The smallest absolute Gasteiger partial charge is 0.410 e. The number of benzene rings is 1. The van der Waals surface area contributed by atoms with Crippen LogP contribution in [0.15, 0.2) is 48.8 Å². The van der Waals surface area contributed by atoms with Crippen molar-refractivity contribution in [1.29, 1.82) is 0 Å². The van der Waals surface area contributed by atoms with Gasteiger partial charge in [-0.05, 0) is 70.0 Å². The molecular formula is C22H24N4O3S. The third-order valence-electron chi connectivity index (χ3n) is 4.58. The van der Waals surface area contributed by atoms with Crippen molar-refractivity contribution < 1.29 is 14.3 Å². The lowest BCUT2D eigenvalue weighted by molar-refractivity contribution is 0.0224. The zero-order valence-corrected chi connectivity index (χ0v) is 18.1. The van der Waals surface area contributed by atoms with E-state index in [1.807, 2.05) is 57.2 Å². The number of hydrogen-bond acceptors (Lipinski definition) is 7. The summed E-state index contributed by atoms with van der Waals surface area (Å²) in [5.41, 5.74) is 0.440. The number of likely N-dealkylation sites (tertiary alicyclic amines) is 1. The number of rotatable bonds is 4. The number of hydrogen-bond donors (Lipinski definition) is 0. The second-order valence-corrected chi connectivity index (χ2v) is 9.10. The van der Waals surface area contributed by atoms with E-state index in [2.05, 4.69) is 15.2 Å². The number of carbonyl (C=O) groups excluding carboxylic acids is 1. The van der Waals surface area contributed by atoms with Crippen molar-refractivity contribution in [3.8, 4) is 22.1 Å². The average Bonchev–Trinajstić information content (AvgIpc) is 3.38. The van der Waals surface area contributed by atoms with E-state index in [-0.39, 0.29) is 12.1 Å². The molecule has 1 amide bonds. The topological polar surface area (TPSA) is 77.4 Å². The van der Waals surface area contributed by atoms with Gasteiger partial charge in [-0.25, -0.2) is 4.79 Å². The van der Waals surface area contributed by atoms with Crippen molar-refractivity contribution in [3.63, 3.8) is 0 Å². The summed E-state index contributed by atoms with van der Waals surface area (Å²) < 4.78 is 11.3. The van der Waals surface area contributed by atoms with Crippen molar-refractivity contribution in [2.75, 3.05) is 6.54 Å². The van der Waals surface area contributed by atoms with E-state index in [9.17, 15) is 4.79 Å². The van der Waals surface area contributed by atoms with Crippen molar-refractivity contribution in [2.45, 2.75) is 45.3 Å². The second-order valence-electron chi connectivity index (χ2n) is 8.09. The van der Waals surface area contributed by atoms with Gasteiger partial charge < -0.3 is 9.47 Å². The van der Waals surface area contributed by atoms with Crippen LogP contribution in [-0.4, -0.2) is 38.3 Å². The Hall–Kier alpha value is -3.00. The molecular weight excluding hydrogens is 400 g/mol. The molecule has 0 saturated carbocycles. The zero-order valence-electron chi connectivity index (χ0n) is 17.2. The first-order valence-corrected chi connectivity index (χ1v) is 10.7. The van der Waals surface area contributed by atoms with E-state index >= 15 is 0 Å². The van der Waals surface area contributed by atoms with Gasteiger partial charge in [0, 0.05) is 18.3 Å². The van der Waals surface area contributed by atoms with Crippen molar-refractivity contribution >= 4 is 17.4 Å². The minimum absolute atomic E-state index is 0.0840. The molecule has 3 aromatic rings. The van der Waals surface area contributed by atoms with E-state index in [0.717, 1.165) is 34.2 Å². The maximum absolute atomic E-state index is 12.6. The quantitative estimate of drug-likeness (QED) is 0.553. The molecule has 30 heavy (non-hydrogen) atoms. The summed E-state index contributed by atoms with van der Waals surface area (Å²) in [7, 11) is 0. The highest BCUT2D eigenvalue weighted by Gasteiger charge is 2.35. The molecule has 0 aliphatic carbocycles. The fourth-order valence-corrected chi connectivity index (χ4v) is 4.25. The molecule has 0 bridgehead atoms. The summed E-state index contributed by atoms with van der Waals surface area (Å²) in [6.07, 6.45) is 4.88. The van der Waals surface area contributed by atoms with Crippen LogP contribution in [0.5, 0.6) is 11.5 Å². The van der Waals surface area contributed by atoms with Crippen LogP contribution in [0.1, 0.15) is 44.7 Å². The molecule has 1 unspecified atom stereocenters. The molecule has 1 aliphatic rings. The lowest BCUT2D eigenvalue weighted by atomic mass is 10.2. The molecule has 1 saturated heterocycles. The van der Waals surface area contributed by atoms with E-state index < -0.39 is 5.60 Å². The Bertz CT molecular complexity index is 999. The first kappa shape index (κ1) is 20.3. The van der Waals surface area contributed by atoms with Crippen LogP contribution in [0, 0.1) is 0 Å². The molecule has 0 spiro atoms. The van der Waals surface area contributed by atoms with Crippen LogP contribution in [-0.2, 0) is 4.74 Å². The molecule has 0 radical (unpaired) electrons. The van der Waals surface area contributed by atoms with Gasteiger partial charge in [-0.15, -0.1) is 10.2 Å². The first-order chi connectivity index (χ1) is 14.4. The van der Waals surface area contributed by atoms with Gasteiger partial charge in [0.1, 0.15) is 27.1 Å². The van der Waals surface area contributed by atoms with Crippen LogP contribution in [0.25, 0.3) is 10.6 Å². The van der Waals surface area contributed by atoms with Gasteiger partial charge in [0.2, 0.25) is 0 Å². The van der Waals surface area contributed by atoms with Crippen LogP contribution in [0.4, 0.5) is 4.79 Å². The number of amides is 1. The number of aromatic nitrogens is 3. The third kappa shape index (κ3) is 4.76. The minimum Gasteiger partial charge on any atom is -0.456 e. The van der Waals surface area contributed by atoms with E-state index in [0.29, 0.717) is 12.3 Å². The molecule has 3 heterocycles. The molecule has 8 heteroatoms. The van der Waals surface area contributed by atoms with Gasteiger partial charge in [0.05, 0.1) is 12.2 Å². The molecule has 0 N–H and O–H groups in total. The summed E-state index contributed by atoms with van der Waals surface area (Å²) in [4.78, 5) is 18.4. The van der Waals surface area contributed by atoms with Gasteiger partial charge in [-0.2, -0.15) is 0 Å². The van der Waals surface area contributed by atoms with Crippen LogP contribution in [0.3, 0.4) is 0 Å². The predicted molar refractivity (Wildman–Crippen MR) is 115 cm³/mol. The minimum atomic E-state index is -0.518. The van der Waals surface area contributed by atoms with Crippen molar-refractivity contribution in [1.82, 2.24) is 20.1 Å². The van der Waals surface area contributed by atoms with Gasteiger partial charge in [-0.3, -0.25) is 9.88 Å². The zero-order chi connectivity index (χ0) is 21.1. The number of carbonyl (C=O) groups is 1. The predicted octanol–water partition coefficient (Wildman–Crippen LogP) is 5.46. The summed E-state index contributed by atoms with van der Waals surface area (Å²) in [5, 5.41) is 10.4. The Kier molecular flexibility index (Phi) is 5.67. The van der Waals surface area contributed by atoms with Gasteiger partial charge in [0.25, 0.3) is 0 Å². The molecule has 1 aliphatic heterocycles. The lowest BCUT2D eigenvalue weighted by Crippen LogP contribution is -2.36. The second kappa shape index (κ2) is 8.39. The fraction of sp³-hybridized carbons (Fsp3) is 0.364. The number of ether oxygens (including phenoxy) is 2. The molecule has 1 fully saturated rings. The normalized spacial score (nSPS) is 16.5. The molecule has 7 nitrogen and oxygen atoms in total. The highest BCUT2D eigenvalue weighted by Crippen LogP contribution is 2.37. The summed E-state index contributed by atoms with van der Waals surface area (Å²) in [6.45, 7) is 6.30. The Labute approximate surface area is 179 Å². The molecule has 2 aromatic heterocycles. The van der Waals surface area contributed by atoms with Crippen LogP contribution < -0.4 is 4.74 Å². The average molecular weight is 425 g/mol. The van der Waals surface area contributed by atoms with Crippen molar-refractivity contribution in [3.05, 3.63) is 53.8 Å². The van der Waals surface area contributed by atoms with E-state index in [1.165, 1.54) is 11.3 Å². The largest absolute Gasteiger partial charge is 0.456 e. The monoisotopic (exact) mass is 424 g/mol. The summed E-state index contributed by atoms with van der Waals surface area (Å²) >= 11 is 1.51. The molecule has 4 rings (SSSR count). The fourth-order valence-electron chi connectivity index (χ4n) is 3.26. The third-order valence-corrected chi connectivity index (χ3v) is 5.65. The van der Waals surface area contributed by atoms with Gasteiger partial charge in [0.15, 0.2) is 0 Å². The Morgan fingerprint density at radius 2 is 1.93 bits per heavy atom. The molecule has 1 atom stereocenters. The first-order valence-electron chi connectivity index (χ1n) is 9.90. The van der Waals surface area contributed by atoms with Crippen LogP contribution >= 0.6 is 11.3 Å². The van der Waals surface area contributed by atoms with Gasteiger partial charge >= 0.3 is 6.09 Å². The summed E-state index contributed by atoms with van der Waals surface area (Å²) in [6, 6.07) is 11.3. The SMILES string of the molecule is CC(C)(C)OC(=O)N1CCCC1c1nnc(-c2ccc(Oc3cccnc3)cc2)s1. The maximum atomic E-state index is 12.6. The Balaban J connectivity index is 1.46. The van der Waals surface area contributed by atoms with E-state index in [1.54, 1.807) is 17.3 Å².